The molecular weight excluding hydrogens is 368 g/mol. The van der Waals surface area contributed by atoms with Crippen molar-refractivity contribution in [2.45, 2.75) is 19.8 Å². The molecule has 0 spiro atoms. The fourth-order valence-corrected chi connectivity index (χ4v) is 3.20. The molecule has 1 aliphatic rings. The summed E-state index contributed by atoms with van der Waals surface area (Å²) in [6.45, 7) is 4.78. The van der Waals surface area contributed by atoms with Gasteiger partial charge < -0.3 is 15.1 Å². The summed E-state index contributed by atoms with van der Waals surface area (Å²) >= 11 is 3.44. The zero-order valence-corrected chi connectivity index (χ0v) is 14.9. The highest BCUT2D eigenvalue weighted by Crippen LogP contribution is 2.28. The van der Waals surface area contributed by atoms with Crippen molar-refractivity contribution in [3.63, 3.8) is 0 Å². The number of halogens is 2. The quantitative estimate of drug-likeness (QED) is 0.842. The van der Waals surface area contributed by atoms with E-state index < -0.39 is 0 Å². The predicted molar refractivity (Wildman–Crippen MR) is 93.8 cm³/mol. The average molecular weight is 388 g/mol. The molecule has 2 heterocycles. The van der Waals surface area contributed by atoms with Gasteiger partial charge in [0.15, 0.2) is 5.76 Å². The van der Waals surface area contributed by atoms with Gasteiger partial charge in [-0.3, -0.25) is 4.79 Å². The van der Waals surface area contributed by atoms with E-state index in [-0.39, 0.29) is 18.3 Å². The van der Waals surface area contributed by atoms with Crippen LogP contribution in [-0.2, 0) is 0 Å². The molecule has 0 radical (unpaired) electrons. The lowest BCUT2D eigenvalue weighted by atomic mass is 10.1. The van der Waals surface area contributed by atoms with Crippen molar-refractivity contribution in [3.05, 3.63) is 34.0 Å². The van der Waals surface area contributed by atoms with Crippen LogP contribution >= 0.6 is 28.3 Å². The number of furan rings is 1. The first kappa shape index (κ1) is 17.3. The Morgan fingerprint density at radius 3 is 3.05 bits per heavy atom. The molecule has 1 atom stereocenters. The van der Waals surface area contributed by atoms with Gasteiger partial charge in [-0.25, -0.2) is 0 Å². The van der Waals surface area contributed by atoms with Gasteiger partial charge in [0.1, 0.15) is 5.58 Å². The number of carbonyl (C=O) groups excluding carboxylic acids is 1. The van der Waals surface area contributed by atoms with Gasteiger partial charge in [-0.1, -0.05) is 15.9 Å². The van der Waals surface area contributed by atoms with Gasteiger partial charge in [0, 0.05) is 22.0 Å². The number of carbonyl (C=O) groups is 1. The molecule has 1 unspecified atom stereocenters. The third-order valence-corrected chi connectivity index (χ3v) is 4.60. The normalized spacial score (nSPS) is 17.5. The van der Waals surface area contributed by atoms with Crippen molar-refractivity contribution >= 4 is 45.2 Å². The summed E-state index contributed by atoms with van der Waals surface area (Å²) in [5, 5.41) is 7.29. The van der Waals surface area contributed by atoms with Crippen molar-refractivity contribution in [1.29, 1.82) is 0 Å². The summed E-state index contributed by atoms with van der Waals surface area (Å²) in [6, 6.07) is 5.78. The highest BCUT2D eigenvalue weighted by atomic mass is 79.9. The topological polar surface area (TPSA) is 54.3 Å². The first-order valence-corrected chi connectivity index (χ1v) is 8.12. The third-order valence-electron chi connectivity index (χ3n) is 4.10. The number of fused-ring (bicyclic) bond motifs is 1. The molecule has 2 N–H and O–H groups in total. The summed E-state index contributed by atoms with van der Waals surface area (Å²) in [4.78, 5) is 12.3. The predicted octanol–water partition coefficient (Wildman–Crippen LogP) is 3.65. The van der Waals surface area contributed by atoms with Gasteiger partial charge in [-0.05, 0) is 57.0 Å². The van der Waals surface area contributed by atoms with Crippen LogP contribution in [0.15, 0.2) is 27.1 Å². The molecule has 1 aromatic carbocycles. The highest BCUT2D eigenvalue weighted by Gasteiger charge is 2.19. The Bertz CT molecular complexity index is 665. The minimum Gasteiger partial charge on any atom is -0.451 e. The van der Waals surface area contributed by atoms with Gasteiger partial charge in [-0.2, -0.15) is 0 Å². The molecule has 1 fully saturated rings. The van der Waals surface area contributed by atoms with E-state index in [4.69, 9.17) is 4.42 Å². The molecule has 22 heavy (non-hydrogen) atoms. The van der Waals surface area contributed by atoms with Crippen LogP contribution in [0.1, 0.15) is 29.0 Å². The Hall–Kier alpha value is -1.04. The number of amides is 1. The molecule has 4 nitrogen and oxygen atoms in total. The van der Waals surface area contributed by atoms with Crippen LogP contribution in [0.25, 0.3) is 11.0 Å². The number of nitrogens with one attached hydrogen (secondary N) is 2. The fourth-order valence-electron chi connectivity index (χ4n) is 2.84. The van der Waals surface area contributed by atoms with Crippen molar-refractivity contribution in [1.82, 2.24) is 10.6 Å². The van der Waals surface area contributed by atoms with Crippen LogP contribution in [0.5, 0.6) is 0 Å². The Morgan fingerprint density at radius 2 is 2.32 bits per heavy atom. The molecule has 1 saturated heterocycles. The molecule has 0 aliphatic carbocycles. The first-order chi connectivity index (χ1) is 10.1. The second kappa shape index (κ2) is 7.49. The third kappa shape index (κ3) is 3.65. The lowest BCUT2D eigenvalue weighted by Gasteiger charge is -2.08. The highest BCUT2D eigenvalue weighted by molar-refractivity contribution is 9.10. The van der Waals surface area contributed by atoms with Gasteiger partial charge in [0.05, 0.1) is 0 Å². The molecular formula is C16H20BrClN2O2. The first-order valence-electron chi connectivity index (χ1n) is 7.32. The molecule has 120 valence electrons. The molecule has 6 heteroatoms. The Balaban J connectivity index is 0.00000176. The monoisotopic (exact) mass is 386 g/mol. The lowest BCUT2D eigenvalue weighted by molar-refractivity contribution is 0.0925. The number of benzene rings is 1. The number of rotatable bonds is 4. The van der Waals surface area contributed by atoms with Crippen LogP contribution in [0, 0.1) is 12.8 Å². The SMILES string of the molecule is Cc1c(C(=O)NCCC2CCNC2)oc2ccc(Br)cc12.Cl. The smallest absolute Gasteiger partial charge is 0.287 e. The maximum absolute atomic E-state index is 12.3. The van der Waals surface area contributed by atoms with Gasteiger partial charge >= 0.3 is 0 Å². The van der Waals surface area contributed by atoms with Crippen molar-refractivity contribution < 1.29 is 9.21 Å². The Morgan fingerprint density at radius 1 is 1.50 bits per heavy atom. The molecule has 0 bridgehead atoms. The zero-order valence-electron chi connectivity index (χ0n) is 12.4. The van der Waals surface area contributed by atoms with E-state index in [1.54, 1.807) is 0 Å². The molecule has 0 saturated carbocycles. The van der Waals surface area contributed by atoms with Crippen LogP contribution < -0.4 is 10.6 Å². The average Bonchev–Trinajstić information content (AvgIpc) is 3.08. The van der Waals surface area contributed by atoms with E-state index in [0.29, 0.717) is 18.2 Å². The van der Waals surface area contributed by atoms with Crippen molar-refractivity contribution in [2.24, 2.45) is 5.92 Å². The van der Waals surface area contributed by atoms with Crippen LogP contribution in [0.2, 0.25) is 0 Å². The van der Waals surface area contributed by atoms with Crippen molar-refractivity contribution in [3.8, 4) is 0 Å². The maximum Gasteiger partial charge on any atom is 0.287 e. The second-order valence-corrected chi connectivity index (χ2v) is 6.52. The van der Waals surface area contributed by atoms with Crippen molar-refractivity contribution in [2.75, 3.05) is 19.6 Å². The van der Waals surface area contributed by atoms with E-state index in [0.717, 1.165) is 40.5 Å². The van der Waals surface area contributed by atoms with Gasteiger partial charge in [-0.15, -0.1) is 12.4 Å². The minimum atomic E-state index is -0.120. The molecule has 1 aliphatic heterocycles. The largest absolute Gasteiger partial charge is 0.451 e. The lowest BCUT2D eigenvalue weighted by Crippen LogP contribution is -2.26. The van der Waals surface area contributed by atoms with E-state index in [2.05, 4.69) is 26.6 Å². The Kier molecular flexibility index (Phi) is 5.89. The summed E-state index contributed by atoms with van der Waals surface area (Å²) in [7, 11) is 0. The van der Waals surface area contributed by atoms with Crippen LogP contribution in [-0.4, -0.2) is 25.5 Å². The Labute approximate surface area is 144 Å². The van der Waals surface area contributed by atoms with E-state index in [1.807, 2.05) is 25.1 Å². The molecule has 1 amide bonds. The number of hydrogen-bond donors (Lipinski definition) is 2. The molecule has 3 rings (SSSR count). The summed E-state index contributed by atoms with van der Waals surface area (Å²) in [5.74, 6) is 0.983. The summed E-state index contributed by atoms with van der Waals surface area (Å²) in [5.41, 5.74) is 1.65. The second-order valence-electron chi connectivity index (χ2n) is 5.60. The molecule has 1 aromatic heterocycles. The standard InChI is InChI=1S/C16H19BrN2O2.ClH/c1-10-13-8-12(17)2-3-14(13)21-15(10)16(20)19-7-5-11-4-6-18-9-11;/h2-3,8,11,18H,4-7,9H2,1H3,(H,19,20);1H. The fraction of sp³-hybridized carbons (Fsp3) is 0.438. The van der Waals surface area contributed by atoms with Crippen LogP contribution in [0.3, 0.4) is 0 Å². The maximum atomic E-state index is 12.3. The minimum absolute atomic E-state index is 0. The van der Waals surface area contributed by atoms with E-state index >= 15 is 0 Å². The van der Waals surface area contributed by atoms with Crippen LogP contribution in [0.4, 0.5) is 0 Å². The molecule has 2 aromatic rings. The number of aryl methyl sites for hydroxylation is 1. The summed E-state index contributed by atoms with van der Waals surface area (Å²) < 4.78 is 6.68. The van der Waals surface area contributed by atoms with Gasteiger partial charge in [0.2, 0.25) is 0 Å². The van der Waals surface area contributed by atoms with E-state index in [1.165, 1.54) is 6.42 Å². The zero-order chi connectivity index (χ0) is 14.8. The van der Waals surface area contributed by atoms with Gasteiger partial charge in [0.25, 0.3) is 5.91 Å². The summed E-state index contributed by atoms with van der Waals surface area (Å²) in [6.07, 6.45) is 2.22. The van der Waals surface area contributed by atoms with E-state index in [9.17, 15) is 4.79 Å². The number of hydrogen-bond acceptors (Lipinski definition) is 3.